The second-order valence-electron chi connectivity index (χ2n) is 2.86. The first kappa shape index (κ1) is 10.3. The molecule has 0 amide bonds. The average Bonchev–Trinajstić information content (AvgIpc) is 2.75. The van der Waals surface area contributed by atoms with E-state index in [0.29, 0.717) is 21.6 Å². The van der Waals surface area contributed by atoms with Crippen molar-refractivity contribution in [2.45, 2.75) is 13.3 Å². The number of halogens is 1. The second-order valence-corrected chi connectivity index (χ2v) is 3.94. The molecule has 2 heterocycles. The van der Waals surface area contributed by atoms with Crippen molar-refractivity contribution in [3.05, 3.63) is 25.9 Å². The van der Waals surface area contributed by atoms with Crippen LogP contribution in [0.5, 0.6) is 0 Å². The maximum absolute atomic E-state index is 11.5. The van der Waals surface area contributed by atoms with Crippen LogP contribution < -0.4 is 5.56 Å². The highest BCUT2D eigenvalue weighted by Crippen LogP contribution is 2.10. The summed E-state index contributed by atoms with van der Waals surface area (Å²) in [4.78, 5) is 22.4. The molecule has 0 saturated heterocycles. The van der Waals surface area contributed by atoms with Crippen molar-refractivity contribution in [1.82, 2.24) is 25.1 Å². The molecule has 0 unspecified atom stereocenters. The molecular formula is C8H8IN5O. The van der Waals surface area contributed by atoms with E-state index in [1.807, 2.05) is 29.5 Å². The SMILES string of the molecule is CCc1nc(-c2ncn[nH]2)[nH]c(=O)c1I. The Kier molecular flexibility index (Phi) is 2.80. The first-order valence-electron chi connectivity index (χ1n) is 4.36. The predicted octanol–water partition coefficient (Wildman–Crippen LogP) is 0.722. The second kappa shape index (κ2) is 4.09. The van der Waals surface area contributed by atoms with Gasteiger partial charge in [-0.25, -0.2) is 9.97 Å². The topological polar surface area (TPSA) is 87.3 Å². The summed E-state index contributed by atoms with van der Waals surface area (Å²) in [5.74, 6) is 0.896. The number of hydrogen-bond acceptors (Lipinski definition) is 4. The zero-order valence-electron chi connectivity index (χ0n) is 7.91. The van der Waals surface area contributed by atoms with Gasteiger partial charge in [0, 0.05) is 0 Å². The van der Waals surface area contributed by atoms with E-state index in [2.05, 4.69) is 25.1 Å². The van der Waals surface area contributed by atoms with Gasteiger partial charge < -0.3 is 4.98 Å². The Morgan fingerprint density at radius 2 is 2.27 bits per heavy atom. The summed E-state index contributed by atoms with van der Waals surface area (Å²) in [5, 5.41) is 6.36. The van der Waals surface area contributed by atoms with Crippen LogP contribution in [0, 0.1) is 3.57 Å². The van der Waals surface area contributed by atoms with Crippen molar-refractivity contribution in [2.75, 3.05) is 0 Å². The summed E-state index contributed by atoms with van der Waals surface area (Å²) < 4.78 is 0.623. The lowest BCUT2D eigenvalue weighted by Crippen LogP contribution is -2.16. The lowest BCUT2D eigenvalue weighted by molar-refractivity contribution is 0.951. The maximum Gasteiger partial charge on any atom is 0.264 e. The molecule has 0 atom stereocenters. The van der Waals surface area contributed by atoms with Gasteiger partial charge in [-0.15, -0.1) is 0 Å². The fourth-order valence-corrected chi connectivity index (χ4v) is 1.81. The third-order valence-corrected chi connectivity index (χ3v) is 3.02. The molecule has 0 fully saturated rings. The smallest absolute Gasteiger partial charge is 0.264 e. The van der Waals surface area contributed by atoms with Gasteiger partial charge >= 0.3 is 0 Å². The monoisotopic (exact) mass is 317 g/mol. The molecule has 0 aliphatic rings. The van der Waals surface area contributed by atoms with Gasteiger partial charge in [0.2, 0.25) is 0 Å². The van der Waals surface area contributed by atoms with Crippen molar-refractivity contribution >= 4 is 22.6 Å². The molecule has 0 aromatic carbocycles. The van der Waals surface area contributed by atoms with Crippen LogP contribution in [0.2, 0.25) is 0 Å². The third kappa shape index (κ3) is 1.91. The first-order valence-corrected chi connectivity index (χ1v) is 5.44. The number of nitrogens with zero attached hydrogens (tertiary/aromatic N) is 3. The van der Waals surface area contributed by atoms with Crippen LogP contribution in [0.1, 0.15) is 12.6 Å². The van der Waals surface area contributed by atoms with E-state index >= 15 is 0 Å². The molecule has 15 heavy (non-hydrogen) atoms. The van der Waals surface area contributed by atoms with E-state index in [1.165, 1.54) is 6.33 Å². The molecule has 0 aliphatic heterocycles. The van der Waals surface area contributed by atoms with Crippen molar-refractivity contribution in [3.63, 3.8) is 0 Å². The van der Waals surface area contributed by atoms with Crippen molar-refractivity contribution in [1.29, 1.82) is 0 Å². The van der Waals surface area contributed by atoms with Crippen LogP contribution in [0.4, 0.5) is 0 Å². The Balaban J connectivity index is 2.61. The molecule has 2 aromatic heterocycles. The van der Waals surface area contributed by atoms with Gasteiger partial charge in [0.15, 0.2) is 11.6 Å². The van der Waals surface area contributed by atoms with Crippen molar-refractivity contribution in [3.8, 4) is 11.6 Å². The highest BCUT2D eigenvalue weighted by atomic mass is 127. The van der Waals surface area contributed by atoms with Gasteiger partial charge in [-0.3, -0.25) is 9.89 Å². The Hall–Kier alpha value is -1.25. The van der Waals surface area contributed by atoms with Gasteiger partial charge in [0.1, 0.15) is 6.33 Å². The molecule has 78 valence electrons. The van der Waals surface area contributed by atoms with Gasteiger partial charge in [-0.05, 0) is 29.0 Å². The van der Waals surface area contributed by atoms with Crippen LogP contribution in [-0.4, -0.2) is 25.1 Å². The van der Waals surface area contributed by atoms with Gasteiger partial charge in [0.25, 0.3) is 5.56 Å². The van der Waals surface area contributed by atoms with Gasteiger partial charge in [-0.1, -0.05) is 6.92 Å². The Bertz CT molecular complexity index is 518. The number of aryl methyl sites for hydroxylation is 1. The molecule has 0 saturated carbocycles. The lowest BCUT2D eigenvalue weighted by atomic mass is 10.3. The van der Waals surface area contributed by atoms with Crippen LogP contribution in [0.3, 0.4) is 0 Å². The van der Waals surface area contributed by atoms with E-state index in [9.17, 15) is 4.79 Å². The van der Waals surface area contributed by atoms with Gasteiger partial charge in [0.05, 0.1) is 9.26 Å². The standard InChI is InChI=1S/C8H8IN5O/c1-2-4-5(9)8(15)13-7(12-4)6-10-3-11-14-6/h3H,2H2,1H3,(H,10,11,14)(H,12,13,15). The zero-order chi connectivity index (χ0) is 10.8. The number of hydrogen-bond donors (Lipinski definition) is 2. The van der Waals surface area contributed by atoms with Crippen molar-refractivity contribution < 1.29 is 0 Å². The summed E-state index contributed by atoms with van der Waals surface area (Å²) in [6, 6.07) is 0. The number of H-pyrrole nitrogens is 2. The van der Waals surface area contributed by atoms with Crippen LogP contribution in [0.15, 0.2) is 11.1 Å². The van der Waals surface area contributed by atoms with Crippen molar-refractivity contribution in [2.24, 2.45) is 0 Å². The molecule has 0 aliphatic carbocycles. The van der Waals surface area contributed by atoms with E-state index < -0.39 is 0 Å². The minimum atomic E-state index is -0.145. The first-order chi connectivity index (χ1) is 7.22. The number of aromatic nitrogens is 5. The molecule has 0 bridgehead atoms. The number of nitrogens with one attached hydrogen (secondary N) is 2. The summed E-state index contributed by atoms with van der Waals surface area (Å²) in [6.45, 7) is 1.95. The van der Waals surface area contributed by atoms with Crippen LogP contribution >= 0.6 is 22.6 Å². The quantitative estimate of drug-likeness (QED) is 0.799. The third-order valence-electron chi connectivity index (χ3n) is 1.91. The highest BCUT2D eigenvalue weighted by Gasteiger charge is 2.10. The summed E-state index contributed by atoms with van der Waals surface area (Å²) in [6.07, 6.45) is 2.09. The largest absolute Gasteiger partial charge is 0.303 e. The zero-order valence-corrected chi connectivity index (χ0v) is 10.1. The molecule has 0 spiro atoms. The maximum atomic E-state index is 11.5. The number of rotatable bonds is 2. The minimum absolute atomic E-state index is 0.145. The Morgan fingerprint density at radius 1 is 1.47 bits per heavy atom. The highest BCUT2D eigenvalue weighted by molar-refractivity contribution is 14.1. The Labute approximate surface area is 98.7 Å². The molecule has 6 nitrogen and oxygen atoms in total. The van der Waals surface area contributed by atoms with E-state index in [0.717, 1.165) is 5.69 Å². The summed E-state index contributed by atoms with van der Waals surface area (Å²) in [5.41, 5.74) is 0.625. The molecule has 0 radical (unpaired) electrons. The predicted molar refractivity (Wildman–Crippen MR) is 62.3 cm³/mol. The van der Waals surface area contributed by atoms with E-state index in [1.54, 1.807) is 0 Å². The minimum Gasteiger partial charge on any atom is -0.303 e. The average molecular weight is 317 g/mol. The number of aromatic amines is 2. The molecular weight excluding hydrogens is 309 g/mol. The fourth-order valence-electron chi connectivity index (χ4n) is 1.17. The van der Waals surface area contributed by atoms with E-state index in [4.69, 9.17) is 0 Å². The lowest BCUT2D eigenvalue weighted by Gasteiger charge is -2.01. The van der Waals surface area contributed by atoms with Crippen LogP contribution in [-0.2, 0) is 6.42 Å². The Morgan fingerprint density at radius 3 is 2.87 bits per heavy atom. The molecule has 2 rings (SSSR count). The van der Waals surface area contributed by atoms with Gasteiger partial charge in [-0.2, -0.15) is 5.10 Å². The van der Waals surface area contributed by atoms with E-state index in [-0.39, 0.29) is 5.56 Å². The molecule has 2 N–H and O–H groups in total. The summed E-state index contributed by atoms with van der Waals surface area (Å²) in [7, 11) is 0. The summed E-state index contributed by atoms with van der Waals surface area (Å²) >= 11 is 1.99. The molecule has 7 heteroatoms. The van der Waals surface area contributed by atoms with Crippen LogP contribution in [0.25, 0.3) is 11.6 Å². The fraction of sp³-hybridized carbons (Fsp3) is 0.250. The normalized spacial score (nSPS) is 10.5. The molecule has 2 aromatic rings.